The third kappa shape index (κ3) is 4.71. The first-order valence-electron chi connectivity index (χ1n) is 10.1. The zero-order chi connectivity index (χ0) is 23.5. The highest BCUT2D eigenvalue weighted by Crippen LogP contribution is 2.37. The van der Waals surface area contributed by atoms with E-state index >= 15 is 0 Å². The third-order valence-corrected chi connectivity index (χ3v) is 5.54. The normalized spacial score (nSPS) is 11.5. The Morgan fingerprint density at radius 1 is 1.03 bits per heavy atom. The average molecular weight is 466 g/mol. The largest absolute Gasteiger partial charge is 0.496 e. The zero-order valence-corrected chi connectivity index (χ0v) is 19.0. The topological polar surface area (TPSA) is 60.7 Å². The standard InChI is InChI=1S/C26H21ClFNO4/c1-15(10-26(30)29-18-8-9-23(31-2)22(27)11-18)19-12-20-21(16-4-6-17(28)7-5-16)14-33-25(20)13-24(19)32-3/h4-14H,1-3H3,(H,29,30)/b15-10+. The number of halogens is 2. The maximum absolute atomic E-state index is 13.3. The summed E-state index contributed by atoms with van der Waals surface area (Å²) < 4.78 is 29.7. The molecule has 0 aliphatic rings. The van der Waals surface area contributed by atoms with Gasteiger partial charge in [0.15, 0.2) is 0 Å². The SMILES string of the molecule is COc1ccc(NC(=O)/C=C(\C)c2cc3c(-c4ccc(F)cc4)coc3cc2OC)cc1Cl. The maximum Gasteiger partial charge on any atom is 0.248 e. The van der Waals surface area contributed by atoms with Gasteiger partial charge in [0, 0.05) is 34.3 Å². The van der Waals surface area contributed by atoms with Crippen LogP contribution in [0.1, 0.15) is 12.5 Å². The van der Waals surface area contributed by atoms with Crippen LogP contribution in [0.15, 0.2) is 71.4 Å². The maximum atomic E-state index is 13.3. The summed E-state index contributed by atoms with van der Waals surface area (Å²) in [6.45, 7) is 1.82. The van der Waals surface area contributed by atoms with Crippen molar-refractivity contribution in [1.82, 2.24) is 0 Å². The molecule has 1 heterocycles. The number of ether oxygens (including phenoxy) is 2. The van der Waals surface area contributed by atoms with Crippen molar-refractivity contribution in [1.29, 1.82) is 0 Å². The van der Waals surface area contributed by atoms with Crippen LogP contribution in [0.5, 0.6) is 11.5 Å². The van der Waals surface area contributed by atoms with Crippen LogP contribution in [-0.4, -0.2) is 20.1 Å². The Morgan fingerprint density at radius 2 is 1.76 bits per heavy atom. The molecule has 4 rings (SSSR count). The number of rotatable bonds is 6. The lowest BCUT2D eigenvalue weighted by atomic mass is 9.99. The molecule has 0 unspecified atom stereocenters. The van der Waals surface area contributed by atoms with Gasteiger partial charge in [-0.1, -0.05) is 23.7 Å². The van der Waals surface area contributed by atoms with E-state index in [2.05, 4.69) is 5.32 Å². The summed E-state index contributed by atoms with van der Waals surface area (Å²) in [4.78, 5) is 12.6. The van der Waals surface area contributed by atoms with E-state index in [4.69, 9.17) is 25.5 Å². The minimum Gasteiger partial charge on any atom is -0.496 e. The predicted molar refractivity (Wildman–Crippen MR) is 128 cm³/mol. The van der Waals surface area contributed by atoms with Gasteiger partial charge in [-0.05, 0) is 54.5 Å². The van der Waals surface area contributed by atoms with Crippen LogP contribution in [0, 0.1) is 5.82 Å². The number of furan rings is 1. The molecule has 0 aliphatic carbocycles. The van der Waals surface area contributed by atoms with Crippen molar-refractivity contribution >= 4 is 39.7 Å². The molecule has 0 radical (unpaired) electrons. The Hall–Kier alpha value is -3.77. The molecule has 1 amide bonds. The summed E-state index contributed by atoms with van der Waals surface area (Å²) >= 11 is 6.13. The van der Waals surface area contributed by atoms with E-state index in [0.717, 1.165) is 22.1 Å². The molecule has 0 aliphatic heterocycles. The van der Waals surface area contributed by atoms with Gasteiger partial charge in [-0.25, -0.2) is 4.39 Å². The second kappa shape index (κ2) is 9.38. The van der Waals surface area contributed by atoms with Gasteiger partial charge in [-0.3, -0.25) is 4.79 Å². The highest BCUT2D eigenvalue weighted by atomic mass is 35.5. The van der Waals surface area contributed by atoms with E-state index in [1.807, 2.05) is 13.0 Å². The predicted octanol–water partition coefficient (Wildman–Crippen LogP) is 6.95. The van der Waals surface area contributed by atoms with Crippen LogP contribution in [0.3, 0.4) is 0 Å². The second-order valence-corrected chi connectivity index (χ2v) is 7.78. The van der Waals surface area contributed by atoms with Crippen molar-refractivity contribution in [3.63, 3.8) is 0 Å². The monoisotopic (exact) mass is 465 g/mol. The fourth-order valence-electron chi connectivity index (χ4n) is 3.58. The summed E-state index contributed by atoms with van der Waals surface area (Å²) in [5, 5.41) is 4.02. The molecule has 0 bridgehead atoms. The Bertz CT molecular complexity index is 1360. The van der Waals surface area contributed by atoms with Crippen molar-refractivity contribution < 1.29 is 23.1 Å². The van der Waals surface area contributed by atoms with Gasteiger partial charge in [-0.2, -0.15) is 0 Å². The Morgan fingerprint density at radius 3 is 2.42 bits per heavy atom. The number of amides is 1. The number of hydrogen-bond donors (Lipinski definition) is 1. The lowest BCUT2D eigenvalue weighted by Crippen LogP contribution is -2.08. The van der Waals surface area contributed by atoms with Crippen LogP contribution in [0.4, 0.5) is 10.1 Å². The quantitative estimate of drug-likeness (QED) is 0.313. The first-order chi connectivity index (χ1) is 15.9. The molecule has 168 valence electrons. The van der Waals surface area contributed by atoms with Crippen molar-refractivity contribution in [3.8, 4) is 22.6 Å². The molecule has 4 aromatic rings. The van der Waals surface area contributed by atoms with Gasteiger partial charge in [0.1, 0.15) is 22.9 Å². The Labute approximate surface area is 195 Å². The summed E-state index contributed by atoms with van der Waals surface area (Å²) in [7, 11) is 3.08. The summed E-state index contributed by atoms with van der Waals surface area (Å²) in [6, 6.07) is 14.9. The number of carbonyl (C=O) groups is 1. The number of benzene rings is 3. The first kappa shape index (κ1) is 22.4. The molecular weight excluding hydrogens is 445 g/mol. The molecule has 33 heavy (non-hydrogen) atoms. The molecule has 7 heteroatoms. The molecule has 0 saturated carbocycles. The van der Waals surface area contributed by atoms with Crippen molar-refractivity contribution in [2.24, 2.45) is 0 Å². The number of fused-ring (bicyclic) bond motifs is 1. The van der Waals surface area contributed by atoms with E-state index in [1.54, 1.807) is 49.8 Å². The number of methoxy groups -OCH3 is 2. The van der Waals surface area contributed by atoms with Gasteiger partial charge in [0.25, 0.3) is 0 Å². The molecular formula is C26H21ClFNO4. The minimum atomic E-state index is -0.318. The number of nitrogens with one attached hydrogen (secondary N) is 1. The molecule has 0 fully saturated rings. The lowest BCUT2D eigenvalue weighted by Gasteiger charge is -2.11. The zero-order valence-electron chi connectivity index (χ0n) is 18.2. The van der Waals surface area contributed by atoms with Gasteiger partial charge < -0.3 is 19.2 Å². The minimum absolute atomic E-state index is 0.308. The van der Waals surface area contributed by atoms with E-state index in [1.165, 1.54) is 25.3 Å². The second-order valence-electron chi connectivity index (χ2n) is 7.37. The number of allylic oxidation sites excluding steroid dienone is 1. The third-order valence-electron chi connectivity index (χ3n) is 5.24. The lowest BCUT2D eigenvalue weighted by molar-refractivity contribution is -0.111. The fraction of sp³-hybridized carbons (Fsp3) is 0.115. The van der Waals surface area contributed by atoms with E-state index in [9.17, 15) is 9.18 Å². The molecule has 3 aromatic carbocycles. The van der Waals surface area contributed by atoms with Crippen LogP contribution in [-0.2, 0) is 4.79 Å². The van der Waals surface area contributed by atoms with Crippen molar-refractivity contribution in [3.05, 3.63) is 83.3 Å². The fourth-order valence-corrected chi connectivity index (χ4v) is 3.84. The van der Waals surface area contributed by atoms with Crippen molar-refractivity contribution in [2.45, 2.75) is 6.92 Å². The number of hydrogen-bond acceptors (Lipinski definition) is 4. The number of carbonyl (C=O) groups excluding carboxylic acids is 1. The van der Waals surface area contributed by atoms with Gasteiger partial charge in [-0.15, -0.1) is 0 Å². The number of anilines is 1. The van der Waals surface area contributed by atoms with E-state index in [0.29, 0.717) is 33.4 Å². The van der Waals surface area contributed by atoms with Crippen LogP contribution in [0.25, 0.3) is 27.7 Å². The summed E-state index contributed by atoms with van der Waals surface area (Å²) in [6.07, 6.45) is 3.11. The van der Waals surface area contributed by atoms with Gasteiger partial charge in [0.2, 0.25) is 5.91 Å². The van der Waals surface area contributed by atoms with Gasteiger partial charge >= 0.3 is 0 Å². The summed E-state index contributed by atoms with van der Waals surface area (Å²) in [5.41, 5.74) is 4.24. The van der Waals surface area contributed by atoms with Crippen LogP contribution in [0.2, 0.25) is 5.02 Å². The molecule has 0 saturated heterocycles. The highest BCUT2D eigenvalue weighted by Gasteiger charge is 2.15. The van der Waals surface area contributed by atoms with Crippen LogP contribution < -0.4 is 14.8 Å². The molecule has 1 aromatic heterocycles. The van der Waals surface area contributed by atoms with Gasteiger partial charge in [0.05, 0.1) is 25.5 Å². The first-order valence-corrected chi connectivity index (χ1v) is 10.5. The Kier molecular flexibility index (Phi) is 6.38. The highest BCUT2D eigenvalue weighted by molar-refractivity contribution is 6.32. The van der Waals surface area contributed by atoms with E-state index < -0.39 is 0 Å². The molecule has 0 spiro atoms. The van der Waals surface area contributed by atoms with E-state index in [-0.39, 0.29) is 11.7 Å². The average Bonchev–Trinajstić information content (AvgIpc) is 3.21. The van der Waals surface area contributed by atoms with Crippen molar-refractivity contribution in [2.75, 3.05) is 19.5 Å². The van der Waals surface area contributed by atoms with Crippen LogP contribution >= 0.6 is 11.6 Å². The molecule has 5 nitrogen and oxygen atoms in total. The molecule has 1 N–H and O–H groups in total. The molecule has 0 atom stereocenters. The smallest absolute Gasteiger partial charge is 0.248 e. The summed E-state index contributed by atoms with van der Waals surface area (Å²) in [5.74, 6) is 0.465. The Balaban J connectivity index is 1.67.